The lowest BCUT2D eigenvalue weighted by Gasteiger charge is -1.98. The summed E-state index contributed by atoms with van der Waals surface area (Å²) in [6.07, 6.45) is -0.588. The largest absolute Gasteiger partial charge is 0.508 e. The van der Waals surface area contributed by atoms with E-state index < -0.39 is 6.16 Å². The van der Waals surface area contributed by atoms with Crippen LogP contribution in [0.1, 0.15) is 13.8 Å². The second-order valence-corrected chi connectivity index (χ2v) is 1.12. The average molecular weight is 158 g/mol. The van der Waals surface area contributed by atoms with Crippen LogP contribution in [-0.4, -0.2) is 19.4 Å². The topological polar surface area (TPSA) is 35.5 Å². The first-order valence-corrected chi connectivity index (χ1v) is 3.10. The summed E-state index contributed by atoms with van der Waals surface area (Å²) in [7, 11) is 0. The minimum Gasteiger partial charge on any atom is -0.435 e. The van der Waals surface area contributed by atoms with Gasteiger partial charge >= 0.3 is 6.16 Å². The lowest BCUT2D eigenvalue weighted by molar-refractivity contribution is 0.0630. The third-order valence-electron chi connectivity index (χ3n) is 0.524. The summed E-state index contributed by atoms with van der Waals surface area (Å²) in [5.74, 6) is 0. The van der Waals surface area contributed by atoms with Crippen LogP contribution in [0.5, 0.6) is 0 Å². The molecular formula is C8H14O3. The van der Waals surface area contributed by atoms with Gasteiger partial charge in [-0.15, -0.1) is 13.2 Å². The third-order valence-corrected chi connectivity index (χ3v) is 0.524. The Hall–Kier alpha value is -0.990. The molecule has 0 saturated heterocycles. The molecule has 3 nitrogen and oxygen atoms in total. The van der Waals surface area contributed by atoms with Crippen LogP contribution in [-0.2, 0) is 9.47 Å². The number of hydrogen-bond acceptors (Lipinski definition) is 3. The van der Waals surface area contributed by atoms with Crippen LogP contribution >= 0.6 is 0 Å². The van der Waals surface area contributed by atoms with Gasteiger partial charge in [-0.3, -0.25) is 0 Å². The van der Waals surface area contributed by atoms with Crippen LogP contribution in [0.15, 0.2) is 13.2 Å². The molecule has 0 atom stereocenters. The van der Waals surface area contributed by atoms with E-state index in [9.17, 15) is 4.79 Å². The second kappa shape index (κ2) is 16.0. The molecule has 0 aliphatic heterocycles. The van der Waals surface area contributed by atoms with E-state index in [-0.39, 0.29) is 7.43 Å². The van der Waals surface area contributed by atoms with Crippen molar-refractivity contribution in [2.45, 2.75) is 13.8 Å². The first-order chi connectivity index (χ1) is 4.81. The van der Waals surface area contributed by atoms with Crippen molar-refractivity contribution < 1.29 is 14.3 Å². The normalized spacial score (nSPS) is 6.36. The van der Waals surface area contributed by atoms with E-state index in [1.165, 1.54) is 0 Å². The van der Waals surface area contributed by atoms with Crippen LogP contribution in [0.25, 0.3) is 0 Å². The molecule has 0 heterocycles. The lowest BCUT2D eigenvalue weighted by Crippen LogP contribution is -2.05. The van der Waals surface area contributed by atoms with E-state index in [1.807, 2.05) is 0 Å². The van der Waals surface area contributed by atoms with Crippen molar-refractivity contribution in [3.05, 3.63) is 20.6 Å². The molecule has 64 valence electrons. The molecule has 0 bridgehead atoms. The van der Waals surface area contributed by atoms with Gasteiger partial charge in [0.1, 0.15) is 0 Å². The Kier molecular flexibility index (Phi) is 24.1. The van der Waals surface area contributed by atoms with Crippen molar-refractivity contribution in [3.63, 3.8) is 0 Å². The van der Waals surface area contributed by atoms with Crippen molar-refractivity contribution in [2.75, 3.05) is 13.2 Å². The molecule has 0 fully saturated rings. The lowest BCUT2D eigenvalue weighted by atomic mass is 10.8. The quantitative estimate of drug-likeness (QED) is 0.456. The molecule has 0 aromatic heterocycles. The Morgan fingerprint density at radius 1 is 1.18 bits per heavy atom. The molecule has 3 heteroatoms. The zero-order valence-electron chi connectivity index (χ0n) is 7.05. The Morgan fingerprint density at radius 3 is 1.64 bits per heavy atom. The maximum atomic E-state index is 10.2. The minimum atomic E-state index is -0.588. The van der Waals surface area contributed by atoms with Crippen LogP contribution in [0.4, 0.5) is 4.79 Å². The Bertz CT molecular complexity index is 73.4. The summed E-state index contributed by atoms with van der Waals surface area (Å²) in [5.41, 5.74) is 0. The van der Waals surface area contributed by atoms with Gasteiger partial charge in [-0.05, 0) is 13.8 Å². The highest BCUT2D eigenvalue weighted by Gasteiger charge is 1.96. The van der Waals surface area contributed by atoms with E-state index in [2.05, 4.69) is 22.6 Å². The fourth-order valence-corrected chi connectivity index (χ4v) is 0.277. The number of hydrogen-bond donors (Lipinski definition) is 0. The Labute approximate surface area is 69.0 Å². The summed E-state index contributed by atoms with van der Waals surface area (Å²) in [6, 6.07) is 0. The predicted molar refractivity (Wildman–Crippen MR) is 43.1 cm³/mol. The third kappa shape index (κ3) is 17.6. The maximum absolute atomic E-state index is 10.2. The summed E-state index contributed by atoms with van der Waals surface area (Å²) in [6.45, 7) is 10.2. The van der Waals surface area contributed by atoms with Gasteiger partial charge < -0.3 is 9.47 Å². The molecule has 0 aliphatic rings. The standard InChI is InChI=1S/C5H10O3.C2H4.C/c1-3-7-5(6)8-4-2;1-2;/h3-4H2,1-2H3;1-2H2;. The van der Waals surface area contributed by atoms with Crippen LogP contribution < -0.4 is 0 Å². The number of ether oxygens (including phenoxy) is 2. The molecule has 4 radical (unpaired) electrons. The number of rotatable bonds is 2. The number of carbonyl (C=O) groups is 1. The van der Waals surface area contributed by atoms with Crippen molar-refractivity contribution in [2.24, 2.45) is 0 Å². The van der Waals surface area contributed by atoms with Gasteiger partial charge in [0.25, 0.3) is 0 Å². The Balaban J connectivity index is -0.000000196. The van der Waals surface area contributed by atoms with Gasteiger partial charge in [0, 0.05) is 7.43 Å². The first-order valence-electron chi connectivity index (χ1n) is 3.10. The SMILES string of the molecule is C=C.CCOC(=O)OCC.[C]. The van der Waals surface area contributed by atoms with Crippen LogP contribution in [0, 0.1) is 7.43 Å². The summed E-state index contributed by atoms with van der Waals surface area (Å²) in [4.78, 5) is 10.2. The minimum absolute atomic E-state index is 0. The molecule has 0 spiro atoms. The molecule has 0 amide bonds. The van der Waals surface area contributed by atoms with Crippen molar-refractivity contribution in [3.8, 4) is 0 Å². The van der Waals surface area contributed by atoms with Gasteiger partial charge in [-0.25, -0.2) is 4.79 Å². The second-order valence-electron chi connectivity index (χ2n) is 1.12. The van der Waals surface area contributed by atoms with E-state index >= 15 is 0 Å². The van der Waals surface area contributed by atoms with Gasteiger partial charge in [0.2, 0.25) is 0 Å². The van der Waals surface area contributed by atoms with E-state index in [1.54, 1.807) is 13.8 Å². The maximum Gasteiger partial charge on any atom is 0.508 e. The highest BCUT2D eigenvalue weighted by atomic mass is 16.7. The molecule has 0 unspecified atom stereocenters. The summed E-state index contributed by atoms with van der Waals surface area (Å²) < 4.78 is 8.84. The molecule has 0 saturated carbocycles. The zero-order chi connectivity index (χ0) is 8.41. The monoisotopic (exact) mass is 158 g/mol. The fraction of sp³-hybridized carbons (Fsp3) is 0.500. The summed E-state index contributed by atoms with van der Waals surface area (Å²) >= 11 is 0. The molecular weight excluding hydrogens is 144 g/mol. The zero-order valence-corrected chi connectivity index (χ0v) is 7.05. The first kappa shape index (κ1) is 16.5. The van der Waals surface area contributed by atoms with Gasteiger partial charge in [-0.1, -0.05) is 0 Å². The highest BCUT2D eigenvalue weighted by molar-refractivity contribution is 5.59. The van der Waals surface area contributed by atoms with Gasteiger partial charge in [0.05, 0.1) is 13.2 Å². The van der Waals surface area contributed by atoms with Crippen molar-refractivity contribution in [1.82, 2.24) is 0 Å². The van der Waals surface area contributed by atoms with E-state index in [0.717, 1.165) is 0 Å². The highest BCUT2D eigenvalue weighted by Crippen LogP contribution is 1.81. The van der Waals surface area contributed by atoms with Crippen LogP contribution in [0.2, 0.25) is 0 Å². The molecule has 0 N–H and O–H groups in total. The van der Waals surface area contributed by atoms with Crippen molar-refractivity contribution >= 4 is 6.16 Å². The Morgan fingerprint density at radius 2 is 1.45 bits per heavy atom. The smallest absolute Gasteiger partial charge is 0.435 e. The molecule has 0 rings (SSSR count). The summed E-state index contributed by atoms with van der Waals surface area (Å²) in [5, 5.41) is 0. The van der Waals surface area contributed by atoms with Gasteiger partial charge in [0.15, 0.2) is 0 Å². The van der Waals surface area contributed by atoms with Gasteiger partial charge in [-0.2, -0.15) is 0 Å². The average Bonchev–Trinajstić information content (AvgIpc) is 1.93. The van der Waals surface area contributed by atoms with Crippen molar-refractivity contribution in [1.29, 1.82) is 0 Å². The molecule has 0 aromatic carbocycles. The van der Waals surface area contributed by atoms with E-state index in [0.29, 0.717) is 13.2 Å². The molecule has 0 aliphatic carbocycles. The predicted octanol–water partition coefficient (Wildman–Crippen LogP) is 2.06. The number of carbonyl (C=O) groups excluding carboxylic acids is 1. The molecule has 11 heavy (non-hydrogen) atoms. The van der Waals surface area contributed by atoms with Crippen LogP contribution in [0.3, 0.4) is 0 Å². The molecule has 0 aromatic rings. The van der Waals surface area contributed by atoms with E-state index in [4.69, 9.17) is 0 Å². The fourth-order valence-electron chi connectivity index (χ4n) is 0.277.